The zero-order valence-electron chi connectivity index (χ0n) is 20.7. The van der Waals surface area contributed by atoms with Gasteiger partial charge in [0, 0.05) is 24.8 Å². The van der Waals surface area contributed by atoms with Crippen LogP contribution in [0.4, 0.5) is 11.4 Å². The van der Waals surface area contributed by atoms with Crippen molar-refractivity contribution in [1.82, 2.24) is 4.90 Å². The lowest BCUT2D eigenvalue weighted by atomic mass is 10.2. The Morgan fingerprint density at radius 3 is 2.69 bits per heavy atom. The second kappa shape index (κ2) is 12.1. The lowest BCUT2D eigenvalue weighted by Gasteiger charge is -2.20. The summed E-state index contributed by atoms with van der Waals surface area (Å²) >= 11 is 1.29. The number of hydrogen-bond acceptors (Lipinski definition) is 8. The van der Waals surface area contributed by atoms with Crippen LogP contribution in [0.2, 0.25) is 0 Å². The molecule has 10 heteroatoms. The highest BCUT2D eigenvalue weighted by atomic mass is 32.2. The number of aliphatic imine (C=N–C) groups is 1. The van der Waals surface area contributed by atoms with Crippen molar-refractivity contribution in [2.75, 3.05) is 39.3 Å². The van der Waals surface area contributed by atoms with Crippen molar-refractivity contribution >= 4 is 40.1 Å². The van der Waals surface area contributed by atoms with Gasteiger partial charge >= 0.3 is 0 Å². The average molecular weight is 514 g/mol. The summed E-state index contributed by atoms with van der Waals surface area (Å²) in [6, 6.07) is 12.6. The molecule has 4 rings (SSSR count). The van der Waals surface area contributed by atoms with Crippen LogP contribution in [-0.2, 0) is 14.3 Å². The number of hydrogen-bond donors (Lipinski definition) is 1. The number of rotatable bonds is 10. The van der Waals surface area contributed by atoms with Gasteiger partial charge in [-0.15, -0.1) is 0 Å². The van der Waals surface area contributed by atoms with E-state index in [1.54, 1.807) is 30.2 Å². The average Bonchev–Trinajstić information content (AvgIpc) is 3.49. The molecule has 2 fully saturated rings. The van der Waals surface area contributed by atoms with E-state index in [0.717, 1.165) is 12.8 Å². The maximum atomic E-state index is 13.4. The van der Waals surface area contributed by atoms with Crippen molar-refractivity contribution in [2.24, 2.45) is 4.99 Å². The summed E-state index contributed by atoms with van der Waals surface area (Å²) in [5.74, 6) is 1.29. The van der Waals surface area contributed by atoms with Crippen molar-refractivity contribution in [3.8, 4) is 17.2 Å². The van der Waals surface area contributed by atoms with Gasteiger partial charge in [-0.1, -0.05) is 23.9 Å². The lowest BCUT2D eigenvalue weighted by molar-refractivity contribution is -0.129. The molecule has 2 atom stereocenters. The van der Waals surface area contributed by atoms with Gasteiger partial charge in [0.15, 0.2) is 16.7 Å². The molecule has 192 valence electrons. The molecule has 2 amide bonds. The SMILES string of the molecule is CCOc1ccccc1N=C1S[C@@H](CC(=O)Nc2ccc(OC)c(OC)c2)C(=O)N1C[C@@H]1CCCO1. The van der Waals surface area contributed by atoms with E-state index < -0.39 is 5.25 Å². The van der Waals surface area contributed by atoms with Crippen molar-refractivity contribution < 1.29 is 28.5 Å². The van der Waals surface area contributed by atoms with E-state index >= 15 is 0 Å². The van der Waals surface area contributed by atoms with Gasteiger partial charge in [-0.2, -0.15) is 0 Å². The maximum Gasteiger partial charge on any atom is 0.242 e. The Bertz CT molecular complexity index is 1120. The first-order valence-electron chi connectivity index (χ1n) is 11.9. The first-order chi connectivity index (χ1) is 17.5. The van der Waals surface area contributed by atoms with Crippen LogP contribution in [0.25, 0.3) is 0 Å². The fourth-order valence-electron chi connectivity index (χ4n) is 4.11. The van der Waals surface area contributed by atoms with Gasteiger partial charge in [0.1, 0.15) is 16.7 Å². The summed E-state index contributed by atoms with van der Waals surface area (Å²) in [6.07, 6.45) is 1.82. The molecule has 2 aromatic carbocycles. The number of carbonyl (C=O) groups excluding carboxylic acids is 2. The van der Waals surface area contributed by atoms with Gasteiger partial charge in [-0.05, 0) is 44.0 Å². The number of nitrogens with zero attached hydrogens (tertiary/aromatic N) is 2. The van der Waals surface area contributed by atoms with E-state index in [2.05, 4.69) is 5.32 Å². The number of para-hydroxylation sites is 2. The number of ether oxygens (including phenoxy) is 4. The van der Waals surface area contributed by atoms with Crippen molar-refractivity contribution in [3.63, 3.8) is 0 Å². The molecular formula is C26H31N3O6S. The second-order valence-electron chi connectivity index (χ2n) is 8.31. The van der Waals surface area contributed by atoms with Gasteiger partial charge in [-0.3, -0.25) is 14.5 Å². The van der Waals surface area contributed by atoms with Crippen molar-refractivity contribution in [3.05, 3.63) is 42.5 Å². The van der Waals surface area contributed by atoms with Gasteiger partial charge in [-0.25, -0.2) is 4.99 Å². The van der Waals surface area contributed by atoms with Crippen LogP contribution in [0.3, 0.4) is 0 Å². The number of carbonyl (C=O) groups is 2. The molecule has 36 heavy (non-hydrogen) atoms. The summed E-state index contributed by atoms with van der Waals surface area (Å²) in [7, 11) is 3.08. The quantitative estimate of drug-likeness (QED) is 0.507. The lowest BCUT2D eigenvalue weighted by Crippen LogP contribution is -2.38. The van der Waals surface area contributed by atoms with Crippen LogP contribution in [0.5, 0.6) is 17.2 Å². The fourth-order valence-corrected chi connectivity index (χ4v) is 5.27. The molecule has 0 aromatic heterocycles. The monoisotopic (exact) mass is 513 g/mol. The Morgan fingerprint density at radius 1 is 1.17 bits per heavy atom. The number of nitrogens with one attached hydrogen (secondary N) is 1. The molecule has 2 aliphatic rings. The van der Waals surface area contributed by atoms with E-state index in [-0.39, 0.29) is 24.3 Å². The van der Waals surface area contributed by atoms with E-state index in [9.17, 15) is 9.59 Å². The zero-order chi connectivity index (χ0) is 25.5. The first-order valence-corrected chi connectivity index (χ1v) is 12.8. The molecule has 2 aromatic rings. The van der Waals surface area contributed by atoms with Crippen LogP contribution >= 0.6 is 11.8 Å². The molecule has 0 unspecified atom stereocenters. The van der Waals surface area contributed by atoms with Crippen LogP contribution < -0.4 is 19.5 Å². The Kier molecular flexibility index (Phi) is 8.71. The van der Waals surface area contributed by atoms with Crippen LogP contribution in [0, 0.1) is 0 Å². The molecule has 1 N–H and O–H groups in total. The van der Waals surface area contributed by atoms with Crippen LogP contribution in [-0.4, -0.2) is 67.2 Å². The summed E-state index contributed by atoms with van der Waals surface area (Å²) in [5.41, 5.74) is 1.20. The van der Waals surface area contributed by atoms with E-state index in [1.165, 1.54) is 18.9 Å². The number of thioether (sulfide) groups is 1. The Balaban J connectivity index is 1.51. The molecule has 0 bridgehead atoms. The van der Waals surface area contributed by atoms with Crippen LogP contribution in [0.15, 0.2) is 47.5 Å². The van der Waals surface area contributed by atoms with Crippen LogP contribution in [0.1, 0.15) is 26.2 Å². The minimum Gasteiger partial charge on any atom is -0.493 e. The molecule has 2 saturated heterocycles. The van der Waals surface area contributed by atoms with Crippen molar-refractivity contribution in [2.45, 2.75) is 37.5 Å². The number of methoxy groups -OCH3 is 2. The molecule has 0 aliphatic carbocycles. The molecule has 9 nitrogen and oxygen atoms in total. The standard InChI is InChI=1S/C26H31N3O6S/c1-4-34-20-10-6-5-9-19(20)28-26-29(16-18-8-7-13-35-18)25(31)23(36-26)15-24(30)27-17-11-12-21(32-2)22(14-17)33-3/h5-6,9-12,14,18,23H,4,7-8,13,15-16H2,1-3H3,(H,27,30)/t18-,23-/m0/s1. The molecule has 2 heterocycles. The molecular weight excluding hydrogens is 482 g/mol. The van der Waals surface area contributed by atoms with Gasteiger partial charge in [0.05, 0.1) is 33.5 Å². The molecule has 0 spiro atoms. The summed E-state index contributed by atoms with van der Waals surface area (Å²) < 4.78 is 22.0. The molecule has 2 aliphatic heterocycles. The third-order valence-electron chi connectivity index (χ3n) is 5.85. The first kappa shape index (κ1) is 25.8. The Labute approximate surface area is 215 Å². The normalized spacial score (nSPS) is 20.6. The number of amidine groups is 1. The Hall–Kier alpha value is -3.24. The zero-order valence-corrected chi connectivity index (χ0v) is 21.5. The van der Waals surface area contributed by atoms with Gasteiger partial charge < -0.3 is 24.3 Å². The van der Waals surface area contributed by atoms with Gasteiger partial charge in [0.25, 0.3) is 0 Å². The summed E-state index contributed by atoms with van der Waals surface area (Å²) in [6.45, 7) is 3.52. The third-order valence-corrected chi connectivity index (χ3v) is 7.02. The largest absolute Gasteiger partial charge is 0.493 e. The number of amides is 2. The topological polar surface area (TPSA) is 98.7 Å². The predicted molar refractivity (Wildman–Crippen MR) is 140 cm³/mol. The summed E-state index contributed by atoms with van der Waals surface area (Å²) in [4.78, 5) is 32.7. The second-order valence-corrected chi connectivity index (χ2v) is 9.48. The number of benzene rings is 2. The smallest absolute Gasteiger partial charge is 0.242 e. The van der Waals surface area contributed by atoms with Gasteiger partial charge in [0.2, 0.25) is 11.8 Å². The highest BCUT2D eigenvalue weighted by Crippen LogP contribution is 2.36. The molecule has 0 saturated carbocycles. The molecule has 0 radical (unpaired) electrons. The highest BCUT2D eigenvalue weighted by Gasteiger charge is 2.40. The van der Waals surface area contributed by atoms with E-state index in [4.69, 9.17) is 23.9 Å². The number of anilines is 1. The maximum absolute atomic E-state index is 13.4. The van der Waals surface area contributed by atoms with E-state index in [1.807, 2.05) is 31.2 Å². The minimum absolute atomic E-state index is 0.00595. The summed E-state index contributed by atoms with van der Waals surface area (Å²) in [5, 5.41) is 2.81. The van der Waals surface area contributed by atoms with E-state index in [0.29, 0.717) is 53.5 Å². The fraction of sp³-hybridized carbons (Fsp3) is 0.423. The van der Waals surface area contributed by atoms with Crippen molar-refractivity contribution in [1.29, 1.82) is 0 Å². The Morgan fingerprint density at radius 2 is 1.97 bits per heavy atom. The minimum atomic E-state index is -0.593. The predicted octanol–water partition coefficient (Wildman–Crippen LogP) is 4.24. The third kappa shape index (κ3) is 6.11. The highest BCUT2D eigenvalue weighted by molar-refractivity contribution is 8.15.